The fourth-order valence-corrected chi connectivity index (χ4v) is 0. The summed E-state index contributed by atoms with van der Waals surface area (Å²) >= 11 is -3.11. The number of hydrogen-bond donors (Lipinski definition) is 0. The van der Waals surface area contributed by atoms with Crippen molar-refractivity contribution in [3.05, 3.63) is 0 Å². The second kappa shape index (κ2) is 10.4. The first-order valence-corrected chi connectivity index (χ1v) is 1.50. The van der Waals surface area contributed by atoms with Crippen molar-refractivity contribution >= 4 is 11.4 Å². The van der Waals surface area contributed by atoms with Gasteiger partial charge in [-0.1, -0.05) is 0 Å². The van der Waals surface area contributed by atoms with Crippen LogP contribution in [0.4, 0.5) is 0 Å². The largest absolute Gasteiger partial charge is 3.00 e. The first-order chi connectivity index (χ1) is 1.73. The molecule has 6 heavy (non-hydrogen) atoms. The summed E-state index contributed by atoms with van der Waals surface area (Å²) in [6, 6.07) is 0. The molecule has 0 rings (SSSR count). The van der Waals surface area contributed by atoms with Crippen molar-refractivity contribution in [3.63, 3.8) is 0 Å². The summed E-state index contributed by atoms with van der Waals surface area (Å²) in [6.07, 6.45) is 0. The number of hydrogen-bond acceptors (Lipinski definition) is 3. The minimum atomic E-state index is -3.11. The molecule has 0 aromatic carbocycles. The molecule has 0 N–H and O–H groups in total. The van der Waals surface area contributed by atoms with Crippen LogP contribution in [0.25, 0.3) is 0 Å². The van der Waals surface area contributed by atoms with Crippen molar-refractivity contribution in [3.8, 4) is 0 Å². The number of rotatable bonds is 0. The van der Waals surface area contributed by atoms with E-state index in [1.165, 1.54) is 0 Å². The summed E-state index contributed by atoms with van der Waals surface area (Å²) in [7, 11) is 0. The Hall–Kier alpha value is 2.45. The molecule has 0 aliphatic heterocycles. The Bertz CT molecular complexity index is 33.8. The van der Waals surface area contributed by atoms with Gasteiger partial charge in [-0.05, 0) is 0 Å². The first-order valence-electron chi connectivity index (χ1n) is 0.500. The van der Waals surface area contributed by atoms with Crippen LogP contribution in [0.15, 0.2) is 0 Å². The molecule has 6 heteroatoms. The van der Waals surface area contributed by atoms with E-state index in [4.69, 9.17) is 13.3 Å². The quantitative estimate of drug-likeness (QED) is 0.338. The van der Waals surface area contributed by atoms with Gasteiger partial charge in [0.15, 0.2) is 0 Å². The maximum absolute atomic E-state index is 8.44. The van der Waals surface area contributed by atoms with Crippen LogP contribution in [-0.2, 0) is 33.7 Å². The Kier molecular flexibility index (Phi) is 27.5. The van der Waals surface area contributed by atoms with E-state index in [1.54, 1.807) is 0 Å². The average Bonchev–Trinajstić information content (AvgIpc) is 0.811. The van der Waals surface area contributed by atoms with Crippen LogP contribution in [0, 0.1) is 0 Å². The van der Waals surface area contributed by atoms with Gasteiger partial charge in [0.2, 0.25) is 0 Å². The molecule has 3 nitrogen and oxygen atoms in total. The summed E-state index contributed by atoms with van der Waals surface area (Å²) in [6.45, 7) is 0. The van der Waals surface area contributed by atoms with Crippen molar-refractivity contribution in [2.24, 2.45) is 0 Å². The summed E-state index contributed by atoms with van der Waals surface area (Å²) in [5, 5.41) is 0. The van der Waals surface area contributed by atoms with Gasteiger partial charge in [-0.3, -0.25) is 4.21 Å². The molecule has 0 amide bonds. The van der Waals surface area contributed by atoms with Gasteiger partial charge in [-0.25, -0.2) is 0 Å². The monoisotopic (exact) mass is 316 g/mol. The van der Waals surface area contributed by atoms with E-state index in [9.17, 15) is 0 Å². The van der Waals surface area contributed by atoms with E-state index in [0.717, 1.165) is 0 Å². The van der Waals surface area contributed by atoms with Crippen LogP contribution >= 0.6 is 0 Å². The predicted octanol–water partition coefficient (Wildman–Crippen LogP) is -4.00. The van der Waals surface area contributed by atoms with E-state index in [1.807, 2.05) is 0 Å². The van der Waals surface area contributed by atoms with Crippen molar-refractivity contribution in [2.45, 2.75) is 0 Å². The molecule has 0 unspecified atom stereocenters. The molecular weight excluding hydrogens is 316 g/mol. The summed E-state index contributed by atoms with van der Waals surface area (Å²) in [4.78, 5) is 0. The van der Waals surface area contributed by atoms with Crippen LogP contribution < -0.4 is 51.4 Å². The van der Waals surface area contributed by atoms with Gasteiger partial charge in [0.05, 0.1) is 0 Å². The fraction of sp³-hybridized carbons (Fsp3) is 0. The Morgan fingerprint density at radius 2 is 1.33 bits per heavy atom. The molecule has 0 aromatic heterocycles. The topological polar surface area (TPSA) is 63.2 Å². The Morgan fingerprint density at radius 3 is 1.33 bits per heavy atom. The molecule has 0 saturated carbocycles. The molecule has 0 heterocycles. The van der Waals surface area contributed by atoms with Crippen LogP contribution in [-0.4, -0.2) is 13.3 Å². The molecule has 0 saturated heterocycles. The molecule has 0 radical (unpaired) electrons. The molecule has 0 fully saturated rings. The molecule has 0 spiro atoms. The smallest absolute Gasteiger partial charge is 0.784 e. The predicted molar refractivity (Wildman–Crippen MR) is 9.70 cm³/mol. The van der Waals surface area contributed by atoms with Crippen LogP contribution in [0.1, 0.15) is 0 Å². The van der Waals surface area contributed by atoms with E-state index < -0.39 is 11.4 Å². The van der Waals surface area contributed by atoms with Crippen molar-refractivity contribution in [1.29, 1.82) is 0 Å². The van der Waals surface area contributed by atoms with Gasteiger partial charge in [0, 0.05) is 0 Å². The third-order valence-electron chi connectivity index (χ3n) is 0. The van der Waals surface area contributed by atoms with Crippen molar-refractivity contribution in [1.82, 2.24) is 0 Å². The van der Waals surface area contributed by atoms with Gasteiger partial charge in [0.25, 0.3) is 0 Å². The van der Waals surface area contributed by atoms with Crippen molar-refractivity contribution in [2.75, 3.05) is 0 Å². The zero-order chi connectivity index (χ0) is 3.58. The normalized spacial score (nSPS) is 5.83. The van der Waals surface area contributed by atoms with Gasteiger partial charge < -0.3 is 9.11 Å². The summed E-state index contributed by atoms with van der Waals surface area (Å²) < 4.78 is 25.3. The van der Waals surface area contributed by atoms with Gasteiger partial charge >= 0.3 is 73.8 Å². The van der Waals surface area contributed by atoms with E-state index in [0.29, 0.717) is 0 Å². The first kappa shape index (κ1) is 15.8. The summed E-state index contributed by atoms with van der Waals surface area (Å²) in [5.41, 5.74) is 0. The van der Waals surface area contributed by atoms with E-state index in [2.05, 4.69) is 0 Å². The van der Waals surface area contributed by atoms with Crippen LogP contribution in [0.2, 0.25) is 0 Å². The van der Waals surface area contributed by atoms with Gasteiger partial charge in [-0.2, -0.15) is 0 Å². The molecule has 34 valence electrons. The second-order valence-corrected chi connectivity index (χ2v) is 0.612. The Balaban J connectivity index is -0.0000000450. The maximum atomic E-state index is 8.44. The Labute approximate surface area is 96.3 Å². The SMILES string of the molecule is O=S([O-])[O-].[Au+3].[K+]. The van der Waals surface area contributed by atoms with Crippen molar-refractivity contribution < 1.29 is 87.1 Å². The van der Waals surface area contributed by atoms with Gasteiger partial charge in [0.1, 0.15) is 0 Å². The fourth-order valence-electron chi connectivity index (χ4n) is 0. The van der Waals surface area contributed by atoms with Crippen LogP contribution in [0.5, 0.6) is 0 Å². The molecule has 0 aliphatic rings. The third kappa shape index (κ3) is 31.9. The minimum absolute atomic E-state index is 0. The molecule has 0 bridgehead atoms. The standard InChI is InChI=1S/Au.K.H2O3S/c;;1-4(2)3/h;;(H2,1,2,3)/q+3;+1;/p-2. The molecule has 0 aromatic rings. The molecular formula is AuKO3S+2. The second-order valence-electron chi connectivity index (χ2n) is 0.204. The third-order valence-corrected chi connectivity index (χ3v) is 0. The van der Waals surface area contributed by atoms with Gasteiger partial charge in [-0.15, -0.1) is 11.4 Å². The zero-order valence-corrected chi connectivity index (χ0v) is 9.04. The maximum Gasteiger partial charge on any atom is 3.00 e. The minimum Gasteiger partial charge on any atom is -0.784 e. The zero-order valence-electron chi connectivity index (χ0n) is 2.93. The van der Waals surface area contributed by atoms with E-state index >= 15 is 0 Å². The van der Waals surface area contributed by atoms with E-state index in [-0.39, 0.29) is 73.8 Å². The van der Waals surface area contributed by atoms with Crippen LogP contribution in [0.3, 0.4) is 0 Å². The Morgan fingerprint density at radius 1 is 1.33 bits per heavy atom. The molecule has 0 aliphatic carbocycles. The molecule has 0 atom stereocenters. The summed E-state index contributed by atoms with van der Waals surface area (Å²) in [5.74, 6) is 0. The average molecular weight is 316 g/mol.